The van der Waals surface area contributed by atoms with Gasteiger partial charge in [0.25, 0.3) is 0 Å². The number of carboxylic acids is 1. The lowest BCUT2D eigenvalue weighted by Gasteiger charge is -2.19. The molecular weight excluding hydrogens is 381 g/mol. The monoisotopic (exact) mass is 394 g/mol. The molecule has 2 atom stereocenters. The first-order chi connectivity index (χ1) is 12.0. The smallest absolute Gasteiger partial charge is 0.394 e. The van der Waals surface area contributed by atoms with Gasteiger partial charge < -0.3 is 20.1 Å². The van der Waals surface area contributed by atoms with Gasteiger partial charge >= 0.3 is 24.1 Å². The van der Waals surface area contributed by atoms with Crippen molar-refractivity contribution in [2.24, 2.45) is 11.8 Å². The second-order valence-corrected chi connectivity index (χ2v) is 6.05. The number of urea groups is 1. The van der Waals surface area contributed by atoms with Crippen LogP contribution in [0.25, 0.3) is 0 Å². The van der Waals surface area contributed by atoms with Crippen LogP contribution in [0.15, 0.2) is 18.2 Å². The van der Waals surface area contributed by atoms with Gasteiger partial charge in [-0.15, -0.1) is 0 Å². The lowest BCUT2D eigenvalue weighted by molar-refractivity contribution is -0.187. The number of carbonyl (C=O) groups excluding carboxylic acids is 2. The Morgan fingerprint density at radius 1 is 1.31 bits per heavy atom. The van der Waals surface area contributed by atoms with E-state index in [4.69, 9.17) is 16.7 Å². The maximum atomic E-state index is 13.0. The van der Waals surface area contributed by atoms with Crippen LogP contribution in [0.4, 0.5) is 23.7 Å². The van der Waals surface area contributed by atoms with Gasteiger partial charge in [-0.2, -0.15) is 13.2 Å². The van der Waals surface area contributed by atoms with E-state index in [0.29, 0.717) is 0 Å². The Balaban J connectivity index is 2.21. The zero-order valence-electron chi connectivity index (χ0n) is 13.3. The number of hydrogen-bond acceptors (Lipinski definition) is 4. The summed E-state index contributed by atoms with van der Waals surface area (Å²) in [6.07, 6.45) is -4.75. The van der Waals surface area contributed by atoms with Crippen LogP contribution in [0.5, 0.6) is 0 Å². The number of hydrogen-bond donors (Lipinski definition) is 2. The Bertz CT molecular complexity index is 740. The highest BCUT2D eigenvalue weighted by Crippen LogP contribution is 2.38. The number of likely N-dealkylation sites (tertiary alicyclic amines) is 1. The summed E-state index contributed by atoms with van der Waals surface area (Å²) >= 11 is 5.78. The molecule has 2 N–H and O–H groups in total. The predicted octanol–water partition coefficient (Wildman–Crippen LogP) is 2.85. The molecule has 0 aromatic heterocycles. The lowest BCUT2D eigenvalue weighted by Crippen LogP contribution is -2.35. The van der Waals surface area contributed by atoms with E-state index in [-0.39, 0.29) is 16.3 Å². The van der Waals surface area contributed by atoms with E-state index in [2.05, 4.69) is 10.1 Å². The summed E-state index contributed by atoms with van der Waals surface area (Å²) in [6.45, 7) is -1.40. The van der Waals surface area contributed by atoms with Crippen LogP contribution < -0.4 is 5.32 Å². The number of aliphatic carboxylic acids is 1. The third-order valence-corrected chi connectivity index (χ3v) is 4.21. The first kappa shape index (κ1) is 19.8. The Morgan fingerprint density at radius 2 is 1.96 bits per heavy atom. The lowest BCUT2D eigenvalue weighted by atomic mass is 9.96. The number of anilines is 1. The zero-order valence-corrected chi connectivity index (χ0v) is 14.1. The number of carboxylic acid groups (broad SMARTS) is 1. The molecule has 2 amide bonds. The molecule has 0 aliphatic carbocycles. The molecule has 1 heterocycles. The number of carbonyl (C=O) groups is 3. The number of alkyl halides is 3. The molecule has 1 aromatic rings. The van der Waals surface area contributed by atoms with Crippen molar-refractivity contribution < 1.29 is 37.4 Å². The molecule has 142 valence electrons. The molecule has 1 aliphatic rings. The highest BCUT2D eigenvalue weighted by atomic mass is 35.5. The molecule has 1 aromatic carbocycles. The minimum absolute atomic E-state index is 0.0198. The number of nitrogens with one attached hydrogen (secondary N) is 1. The van der Waals surface area contributed by atoms with E-state index in [1.807, 2.05) is 0 Å². The highest BCUT2D eigenvalue weighted by Gasteiger charge is 2.53. The maximum Gasteiger partial charge on any atom is 0.394 e. The average molecular weight is 395 g/mol. The number of methoxy groups -OCH3 is 1. The number of esters is 1. The van der Waals surface area contributed by atoms with Gasteiger partial charge in [-0.25, -0.2) is 9.59 Å². The van der Waals surface area contributed by atoms with Crippen LogP contribution in [0.3, 0.4) is 0 Å². The van der Waals surface area contributed by atoms with Crippen molar-refractivity contribution in [3.05, 3.63) is 28.8 Å². The van der Waals surface area contributed by atoms with Crippen molar-refractivity contribution in [1.82, 2.24) is 4.90 Å². The summed E-state index contributed by atoms with van der Waals surface area (Å²) in [5.74, 6) is -6.37. The number of halogens is 4. The van der Waals surface area contributed by atoms with Gasteiger partial charge in [0.1, 0.15) is 0 Å². The Kier molecular flexibility index (Phi) is 5.65. The van der Waals surface area contributed by atoms with Crippen LogP contribution in [0.1, 0.15) is 10.4 Å². The van der Waals surface area contributed by atoms with E-state index >= 15 is 0 Å². The maximum absolute atomic E-state index is 13.0. The van der Waals surface area contributed by atoms with Gasteiger partial charge in [0.2, 0.25) is 0 Å². The first-order valence-corrected chi connectivity index (χ1v) is 7.65. The van der Waals surface area contributed by atoms with E-state index in [0.717, 1.165) is 12.0 Å². The first-order valence-electron chi connectivity index (χ1n) is 7.28. The summed E-state index contributed by atoms with van der Waals surface area (Å²) in [4.78, 5) is 35.8. The number of ether oxygens (including phenoxy) is 1. The standard InChI is InChI=1S/C15H14ClF3N2O5/c1-26-13(24)8-4-7(16)2-3-11(8)20-14(25)21-5-9(12(22)23)10(6-21)15(17,18)19/h2-4,9-10H,5-6H2,1H3,(H,20,25)(H,22,23)/t9-,10-/m1/s1. The van der Waals surface area contributed by atoms with Gasteiger partial charge in [-0.05, 0) is 18.2 Å². The molecule has 1 aliphatic heterocycles. The van der Waals surface area contributed by atoms with Gasteiger partial charge in [-0.1, -0.05) is 11.6 Å². The van der Waals surface area contributed by atoms with Gasteiger partial charge in [-0.3, -0.25) is 4.79 Å². The molecule has 0 radical (unpaired) electrons. The third-order valence-electron chi connectivity index (χ3n) is 3.97. The summed E-state index contributed by atoms with van der Waals surface area (Å²) in [6, 6.07) is 2.92. The van der Waals surface area contributed by atoms with Crippen molar-refractivity contribution >= 4 is 35.3 Å². The summed E-state index contributed by atoms with van der Waals surface area (Å²) in [7, 11) is 1.11. The number of nitrogens with zero attached hydrogens (tertiary/aromatic N) is 1. The molecule has 7 nitrogen and oxygen atoms in total. The minimum Gasteiger partial charge on any atom is -0.481 e. The fraction of sp³-hybridized carbons (Fsp3) is 0.400. The molecule has 0 unspecified atom stereocenters. The molecular formula is C15H14ClF3N2O5. The average Bonchev–Trinajstić information content (AvgIpc) is 3.01. The zero-order chi connectivity index (χ0) is 19.6. The third kappa shape index (κ3) is 4.18. The van der Waals surface area contributed by atoms with Crippen molar-refractivity contribution in [2.45, 2.75) is 6.18 Å². The summed E-state index contributed by atoms with van der Waals surface area (Å²) < 4.78 is 43.6. The van der Waals surface area contributed by atoms with Crippen LogP contribution in [-0.4, -0.2) is 54.4 Å². The largest absolute Gasteiger partial charge is 0.481 e. The van der Waals surface area contributed by atoms with E-state index in [9.17, 15) is 27.6 Å². The Labute approximate surface area is 150 Å². The number of benzene rings is 1. The van der Waals surface area contributed by atoms with Crippen LogP contribution in [0, 0.1) is 11.8 Å². The topological polar surface area (TPSA) is 95.9 Å². The fourth-order valence-corrected chi connectivity index (χ4v) is 2.82. The van der Waals surface area contributed by atoms with Crippen molar-refractivity contribution in [2.75, 3.05) is 25.5 Å². The quantitative estimate of drug-likeness (QED) is 0.768. The van der Waals surface area contributed by atoms with Crippen molar-refractivity contribution in [1.29, 1.82) is 0 Å². The predicted molar refractivity (Wildman–Crippen MR) is 84.1 cm³/mol. The molecule has 11 heteroatoms. The Morgan fingerprint density at radius 3 is 2.46 bits per heavy atom. The second-order valence-electron chi connectivity index (χ2n) is 5.61. The van der Waals surface area contributed by atoms with Gasteiger partial charge in [0.05, 0.1) is 30.2 Å². The second kappa shape index (κ2) is 7.40. The van der Waals surface area contributed by atoms with Gasteiger partial charge in [0.15, 0.2) is 0 Å². The van der Waals surface area contributed by atoms with E-state index < -0.39 is 49.1 Å². The molecule has 1 fully saturated rings. The van der Waals surface area contributed by atoms with Gasteiger partial charge in [0, 0.05) is 18.1 Å². The Hall–Kier alpha value is -2.49. The SMILES string of the molecule is COC(=O)c1cc(Cl)ccc1NC(=O)N1C[C@@H](C(F)(F)F)[C@H](C(=O)O)C1. The summed E-state index contributed by atoms with van der Waals surface area (Å²) in [5, 5.41) is 11.5. The number of amides is 2. The summed E-state index contributed by atoms with van der Waals surface area (Å²) in [5.41, 5.74) is -0.108. The van der Waals surface area contributed by atoms with E-state index in [1.54, 1.807) is 0 Å². The fourth-order valence-electron chi connectivity index (χ4n) is 2.65. The van der Waals surface area contributed by atoms with Crippen molar-refractivity contribution in [3.8, 4) is 0 Å². The van der Waals surface area contributed by atoms with E-state index in [1.165, 1.54) is 18.2 Å². The molecule has 26 heavy (non-hydrogen) atoms. The van der Waals surface area contributed by atoms with Crippen LogP contribution >= 0.6 is 11.6 Å². The molecule has 1 saturated heterocycles. The normalized spacial score (nSPS) is 20.0. The highest BCUT2D eigenvalue weighted by molar-refractivity contribution is 6.31. The molecule has 0 bridgehead atoms. The molecule has 2 rings (SSSR count). The molecule has 0 saturated carbocycles. The van der Waals surface area contributed by atoms with Crippen LogP contribution in [-0.2, 0) is 9.53 Å². The minimum atomic E-state index is -4.75. The van der Waals surface area contributed by atoms with Crippen LogP contribution in [0.2, 0.25) is 5.02 Å². The number of rotatable bonds is 3. The molecule has 0 spiro atoms. The van der Waals surface area contributed by atoms with Crippen molar-refractivity contribution in [3.63, 3.8) is 0 Å².